The fourth-order valence-electron chi connectivity index (χ4n) is 4.35. The molecule has 2 fully saturated rings. The summed E-state index contributed by atoms with van der Waals surface area (Å²) in [5.74, 6) is -0.113. The van der Waals surface area contributed by atoms with Crippen LogP contribution in [0.15, 0.2) is 54.6 Å². The molecule has 0 bridgehead atoms. The van der Waals surface area contributed by atoms with Crippen molar-refractivity contribution in [3.05, 3.63) is 71.5 Å². The van der Waals surface area contributed by atoms with Gasteiger partial charge in [-0.3, -0.25) is 19.5 Å². The molecule has 7 heteroatoms. The van der Waals surface area contributed by atoms with Crippen molar-refractivity contribution in [3.8, 4) is 0 Å². The van der Waals surface area contributed by atoms with Gasteiger partial charge in [0.25, 0.3) is 0 Å². The van der Waals surface area contributed by atoms with E-state index in [2.05, 4.69) is 44.3 Å². The van der Waals surface area contributed by atoms with Crippen molar-refractivity contribution in [1.82, 2.24) is 20.0 Å². The number of morpholine rings is 1. The van der Waals surface area contributed by atoms with E-state index in [0.717, 1.165) is 51.4 Å². The Balaban J connectivity index is 1.14. The first-order valence-electron chi connectivity index (χ1n) is 11.5. The van der Waals surface area contributed by atoms with Gasteiger partial charge in [-0.15, -0.1) is 0 Å². The predicted octanol–water partition coefficient (Wildman–Crippen LogP) is 1.96. The van der Waals surface area contributed by atoms with E-state index in [-0.39, 0.29) is 17.8 Å². The molecule has 1 unspecified atom stereocenters. The molecule has 0 aliphatic carbocycles. The number of piperazine rings is 1. The van der Waals surface area contributed by atoms with Crippen molar-refractivity contribution in [1.29, 1.82) is 0 Å². The van der Waals surface area contributed by atoms with E-state index in [9.17, 15) is 9.18 Å². The van der Waals surface area contributed by atoms with Crippen LogP contribution >= 0.6 is 0 Å². The minimum Gasteiger partial charge on any atom is -0.374 e. The Morgan fingerprint density at radius 3 is 2.41 bits per heavy atom. The first-order chi connectivity index (χ1) is 15.7. The number of hydrogen-bond acceptors (Lipinski definition) is 5. The predicted molar refractivity (Wildman–Crippen MR) is 123 cm³/mol. The number of halogens is 1. The molecule has 0 spiro atoms. The lowest BCUT2D eigenvalue weighted by Gasteiger charge is -2.35. The second kappa shape index (κ2) is 11.5. The largest absolute Gasteiger partial charge is 0.374 e. The number of benzene rings is 2. The molecular formula is C25H33FN4O2. The Morgan fingerprint density at radius 1 is 0.906 bits per heavy atom. The zero-order valence-electron chi connectivity index (χ0n) is 18.6. The van der Waals surface area contributed by atoms with Gasteiger partial charge in [0.2, 0.25) is 5.91 Å². The first kappa shape index (κ1) is 22.9. The average molecular weight is 441 g/mol. The molecule has 6 nitrogen and oxygen atoms in total. The van der Waals surface area contributed by atoms with E-state index in [1.165, 1.54) is 11.6 Å². The average Bonchev–Trinajstić information content (AvgIpc) is 2.81. The summed E-state index contributed by atoms with van der Waals surface area (Å²) >= 11 is 0. The smallest absolute Gasteiger partial charge is 0.234 e. The summed E-state index contributed by atoms with van der Waals surface area (Å²) in [5.41, 5.74) is 2.03. The van der Waals surface area contributed by atoms with Crippen molar-refractivity contribution < 1.29 is 13.9 Å². The summed E-state index contributed by atoms with van der Waals surface area (Å²) in [4.78, 5) is 19.2. The SMILES string of the molecule is O=C(CN1CCN(Cc2ccccc2F)CC1)NCC1CN(Cc2ccccc2)CCO1. The quantitative estimate of drug-likeness (QED) is 0.680. The number of rotatable bonds is 8. The maximum Gasteiger partial charge on any atom is 0.234 e. The van der Waals surface area contributed by atoms with Gasteiger partial charge < -0.3 is 10.1 Å². The molecule has 2 aromatic carbocycles. The second-order valence-corrected chi connectivity index (χ2v) is 8.66. The Hall–Kier alpha value is -2.32. The van der Waals surface area contributed by atoms with Crippen molar-refractivity contribution in [2.45, 2.75) is 19.2 Å². The topological polar surface area (TPSA) is 48.1 Å². The highest BCUT2D eigenvalue weighted by atomic mass is 19.1. The fraction of sp³-hybridized carbons (Fsp3) is 0.480. The van der Waals surface area contributed by atoms with Gasteiger partial charge in [-0.25, -0.2) is 4.39 Å². The molecule has 2 aromatic rings. The highest BCUT2D eigenvalue weighted by Gasteiger charge is 2.23. The number of hydrogen-bond donors (Lipinski definition) is 1. The number of nitrogens with zero attached hydrogens (tertiary/aromatic N) is 3. The summed E-state index contributed by atoms with van der Waals surface area (Å²) in [6.45, 7) is 8.18. The van der Waals surface area contributed by atoms with Crippen molar-refractivity contribution >= 4 is 5.91 Å². The highest BCUT2D eigenvalue weighted by molar-refractivity contribution is 5.78. The molecule has 2 heterocycles. The summed E-state index contributed by atoms with van der Waals surface area (Å²) in [6, 6.07) is 17.4. The first-order valence-corrected chi connectivity index (χ1v) is 11.5. The lowest BCUT2D eigenvalue weighted by atomic mass is 10.2. The Kier molecular flexibility index (Phi) is 8.23. The van der Waals surface area contributed by atoms with E-state index < -0.39 is 0 Å². The molecule has 0 saturated carbocycles. The number of amides is 1. The van der Waals surface area contributed by atoms with E-state index in [1.807, 2.05) is 18.2 Å². The maximum atomic E-state index is 13.9. The molecular weight excluding hydrogens is 407 g/mol. The van der Waals surface area contributed by atoms with Crippen molar-refractivity contribution in [2.75, 3.05) is 59.0 Å². The van der Waals surface area contributed by atoms with Crippen LogP contribution in [-0.2, 0) is 22.6 Å². The van der Waals surface area contributed by atoms with Gasteiger partial charge in [0, 0.05) is 64.5 Å². The summed E-state index contributed by atoms with van der Waals surface area (Å²) in [5, 5.41) is 3.05. The Labute approximate surface area is 189 Å². The third-order valence-electron chi connectivity index (χ3n) is 6.18. The molecule has 4 rings (SSSR count). The fourth-order valence-corrected chi connectivity index (χ4v) is 4.35. The highest BCUT2D eigenvalue weighted by Crippen LogP contribution is 2.12. The molecule has 1 N–H and O–H groups in total. The summed E-state index contributed by atoms with van der Waals surface area (Å²) < 4.78 is 19.7. The maximum absolute atomic E-state index is 13.9. The third kappa shape index (κ3) is 6.84. The number of carbonyl (C=O) groups is 1. The van der Waals surface area contributed by atoms with Crippen LogP contribution in [0, 0.1) is 5.82 Å². The molecule has 0 radical (unpaired) electrons. The van der Waals surface area contributed by atoms with Gasteiger partial charge in [-0.05, 0) is 11.6 Å². The van der Waals surface area contributed by atoms with Crippen LogP contribution < -0.4 is 5.32 Å². The van der Waals surface area contributed by atoms with Crippen LogP contribution in [0.25, 0.3) is 0 Å². The zero-order valence-corrected chi connectivity index (χ0v) is 18.6. The number of ether oxygens (including phenoxy) is 1. The van der Waals surface area contributed by atoms with Crippen LogP contribution in [0.1, 0.15) is 11.1 Å². The summed E-state index contributed by atoms with van der Waals surface area (Å²) in [6.07, 6.45) is 0.0222. The van der Waals surface area contributed by atoms with Gasteiger partial charge in [0.05, 0.1) is 19.3 Å². The molecule has 2 aliphatic rings. The normalized spacial score (nSPS) is 20.8. The van der Waals surface area contributed by atoms with Gasteiger partial charge in [0.1, 0.15) is 5.82 Å². The number of carbonyl (C=O) groups excluding carboxylic acids is 1. The molecule has 172 valence electrons. The van der Waals surface area contributed by atoms with Crippen LogP contribution in [-0.4, -0.2) is 85.7 Å². The van der Waals surface area contributed by atoms with Gasteiger partial charge in [-0.1, -0.05) is 48.5 Å². The standard InChI is InChI=1S/C25H33FN4O2/c26-24-9-5-4-8-22(24)18-28-10-12-29(13-11-28)20-25(31)27-16-23-19-30(14-15-32-23)17-21-6-2-1-3-7-21/h1-9,23H,10-20H2,(H,27,31). The molecule has 1 atom stereocenters. The lowest BCUT2D eigenvalue weighted by molar-refractivity contribution is -0.124. The third-order valence-corrected chi connectivity index (χ3v) is 6.18. The van der Waals surface area contributed by atoms with Gasteiger partial charge in [0.15, 0.2) is 0 Å². The molecule has 2 saturated heterocycles. The van der Waals surface area contributed by atoms with E-state index in [0.29, 0.717) is 26.2 Å². The van der Waals surface area contributed by atoms with E-state index >= 15 is 0 Å². The lowest BCUT2D eigenvalue weighted by Crippen LogP contribution is -2.51. The minimum atomic E-state index is -0.151. The molecule has 2 aliphatic heterocycles. The molecule has 32 heavy (non-hydrogen) atoms. The van der Waals surface area contributed by atoms with E-state index in [1.54, 1.807) is 6.07 Å². The van der Waals surface area contributed by atoms with Crippen LogP contribution in [0.2, 0.25) is 0 Å². The van der Waals surface area contributed by atoms with Crippen LogP contribution in [0.3, 0.4) is 0 Å². The van der Waals surface area contributed by atoms with Crippen LogP contribution in [0.4, 0.5) is 4.39 Å². The number of nitrogens with one attached hydrogen (secondary N) is 1. The molecule has 0 aromatic heterocycles. The Bertz CT molecular complexity index is 858. The van der Waals surface area contributed by atoms with E-state index in [4.69, 9.17) is 4.74 Å². The van der Waals surface area contributed by atoms with Crippen molar-refractivity contribution in [2.24, 2.45) is 0 Å². The monoisotopic (exact) mass is 440 g/mol. The molecule has 1 amide bonds. The summed E-state index contributed by atoms with van der Waals surface area (Å²) in [7, 11) is 0. The minimum absolute atomic E-state index is 0.0222. The van der Waals surface area contributed by atoms with Gasteiger partial charge in [-0.2, -0.15) is 0 Å². The second-order valence-electron chi connectivity index (χ2n) is 8.66. The zero-order chi connectivity index (χ0) is 22.2. The van der Waals surface area contributed by atoms with Gasteiger partial charge >= 0.3 is 0 Å². The van der Waals surface area contributed by atoms with Crippen molar-refractivity contribution in [3.63, 3.8) is 0 Å². The van der Waals surface area contributed by atoms with Crippen LogP contribution in [0.5, 0.6) is 0 Å². The Morgan fingerprint density at radius 2 is 1.62 bits per heavy atom.